The Balaban J connectivity index is 1.34. The predicted octanol–water partition coefficient (Wildman–Crippen LogP) is 3.42. The topological polar surface area (TPSA) is 53.1 Å². The molecular formula is C27H31N5S. The number of nitrogens with one attached hydrogen (secondary N) is 2. The van der Waals surface area contributed by atoms with Crippen molar-refractivity contribution in [2.75, 3.05) is 25.0 Å². The number of pyridine rings is 1. The molecule has 2 N–H and O–H groups in total. The molecule has 3 aromatic rings. The van der Waals surface area contributed by atoms with E-state index in [9.17, 15) is 0 Å². The van der Waals surface area contributed by atoms with Gasteiger partial charge in [0.2, 0.25) is 0 Å². The number of hydrogen-bond donors (Lipinski definition) is 2. The highest BCUT2D eigenvalue weighted by Crippen LogP contribution is 2.41. The zero-order valence-electron chi connectivity index (χ0n) is 19.0. The highest BCUT2D eigenvalue weighted by molar-refractivity contribution is 7.16. The molecule has 0 spiro atoms. The summed E-state index contributed by atoms with van der Waals surface area (Å²) < 4.78 is 0. The third-order valence-electron chi connectivity index (χ3n) is 7.19. The standard InChI is InChI=1S/C27H31N5S/c1-2-7-19(8-3-1)12-13-22-18-32(16-15-28-22)25-23-21(11-6-14-29-23)17-30-27-24(25)31-26(33-27)20-9-4-5-10-20/h1-3,6-8,11,14,17,20,22,28,30H,4-5,9-10,12-13,15-16,18H2. The van der Waals surface area contributed by atoms with E-state index in [0.717, 1.165) is 48.7 Å². The Hall–Kier alpha value is -2.70. The molecule has 2 fully saturated rings. The van der Waals surface area contributed by atoms with Gasteiger partial charge in [0.25, 0.3) is 0 Å². The summed E-state index contributed by atoms with van der Waals surface area (Å²) in [6, 6.07) is 15.4. The van der Waals surface area contributed by atoms with Crippen molar-refractivity contribution in [3.05, 3.63) is 75.5 Å². The molecule has 2 aromatic heterocycles. The fraction of sp³-hybridized carbons (Fsp3) is 0.407. The predicted molar refractivity (Wildman–Crippen MR) is 136 cm³/mol. The largest absolute Gasteiger partial charge is 0.365 e. The van der Waals surface area contributed by atoms with Gasteiger partial charge in [-0.25, -0.2) is 4.98 Å². The number of benzene rings is 1. The second-order valence-corrected chi connectivity index (χ2v) is 10.4. The van der Waals surface area contributed by atoms with Gasteiger partial charge in [0.1, 0.15) is 10.7 Å². The highest BCUT2D eigenvalue weighted by Gasteiger charge is 2.29. The molecule has 3 aliphatic rings. The van der Waals surface area contributed by atoms with Crippen LogP contribution < -0.4 is 21.2 Å². The van der Waals surface area contributed by atoms with Gasteiger partial charge in [-0.3, -0.25) is 4.98 Å². The molecule has 170 valence electrons. The van der Waals surface area contributed by atoms with Crippen LogP contribution in [0.5, 0.6) is 0 Å². The molecule has 33 heavy (non-hydrogen) atoms. The lowest BCUT2D eigenvalue weighted by Gasteiger charge is -2.36. The van der Waals surface area contributed by atoms with Gasteiger partial charge in [-0.15, -0.1) is 11.3 Å². The first-order valence-corrected chi connectivity index (χ1v) is 13.1. The molecule has 1 saturated carbocycles. The molecule has 5 nitrogen and oxygen atoms in total. The SMILES string of the molecule is C1=c2cccnc2=C(N2CCNC(CCc3ccccc3)C2)c2nc(C3CCCC3)sc2N1. The third kappa shape index (κ3) is 4.30. The van der Waals surface area contributed by atoms with Crippen LogP contribution in [0.25, 0.3) is 11.9 Å². The minimum absolute atomic E-state index is 0.454. The maximum Gasteiger partial charge on any atom is 0.124 e. The van der Waals surface area contributed by atoms with Gasteiger partial charge < -0.3 is 15.5 Å². The summed E-state index contributed by atoms with van der Waals surface area (Å²) in [6.07, 6.45) is 11.5. The maximum absolute atomic E-state index is 5.26. The van der Waals surface area contributed by atoms with Crippen LogP contribution in [0.15, 0.2) is 48.7 Å². The summed E-state index contributed by atoms with van der Waals surface area (Å²) in [7, 11) is 0. The summed E-state index contributed by atoms with van der Waals surface area (Å²) in [5, 5.41) is 12.0. The highest BCUT2D eigenvalue weighted by atomic mass is 32.1. The van der Waals surface area contributed by atoms with Gasteiger partial charge >= 0.3 is 0 Å². The Bertz CT molecular complexity index is 1230. The number of piperazine rings is 1. The first kappa shape index (κ1) is 20.9. The van der Waals surface area contributed by atoms with Gasteiger partial charge in [0.05, 0.1) is 16.1 Å². The van der Waals surface area contributed by atoms with Crippen molar-refractivity contribution in [1.29, 1.82) is 0 Å². The molecule has 1 atom stereocenters. The van der Waals surface area contributed by atoms with Crippen molar-refractivity contribution in [2.24, 2.45) is 0 Å². The zero-order valence-corrected chi connectivity index (χ0v) is 19.8. The molecule has 1 aliphatic carbocycles. The number of anilines is 1. The van der Waals surface area contributed by atoms with E-state index in [-0.39, 0.29) is 0 Å². The summed E-state index contributed by atoms with van der Waals surface area (Å²) >= 11 is 1.85. The number of fused-ring (bicyclic) bond motifs is 2. The Morgan fingerprint density at radius 3 is 2.82 bits per heavy atom. The Labute approximate surface area is 199 Å². The summed E-state index contributed by atoms with van der Waals surface area (Å²) in [5.74, 6) is 0.620. The molecule has 6 rings (SSSR count). The van der Waals surface area contributed by atoms with Crippen LogP contribution in [0.2, 0.25) is 0 Å². The number of rotatable bonds is 5. The van der Waals surface area contributed by atoms with Crippen molar-refractivity contribution in [2.45, 2.75) is 50.5 Å². The normalized spacial score (nSPS) is 20.5. The molecule has 1 unspecified atom stereocenters. The van der Waals surface area contributed by atoms with E-state index in [1.807, 2.05) is 23.6 Å². The van der Waals surface area contributed by atoms with Crippen LogP contribution in [0.3, 0.4) is 0 Å². The summed E-state index contributed by atoms with van der Waals surface area (Å²) in [4.78, 5) is 12.7. The number of hydrogen-bond acceptors (Lipinski definition) is 6. The molecule has 1 saturated heterocycles. The van der Waals surface area contributed by atoms with Gasteiger partial charge in [-0.2, -0.15) is 0 Å². The monoisotopic (exact) mass is 457 g/mol. The number of aromatic nitrogens is 2. The lowest BCUT2D eigenvalue weighted by atomic mass is 10.0. The third-order valence-corrected chi connectivity index (χ3v) is 8.34. The van der Waals surface area contributed by atoms with Crippen molar-refractivity contribution < 1.29 is 0 Å². The zero-order chi connectivity index (χ0) is 22.0. The number of aryl methyl sites for hydroxylation is 1. The Morgan fingerprint density at radius 2 is 1.94 bits per heavy atom. The first-order valence-electron chi connectivity index (χ1n) is 12.3. The van der Waals surface area contributed by atoms with Gasteiger partial charge in [-0.05, 0) is 43.4 Å². The van der Waals surface area contributed by atoms with Gasteiger partial charge in [0, 0.05) is 49.2 Å². The van der Waals surface area contributed by atoms with E-state index in [0.29, 0.717) is 12.0 Å². The average molecular weight is 458 g/mol. The number of nitrogens with zero attached hydrogens (tertiary/aromatic N) is 3. The average Bonchev–Trinajstić information content (AvgIpc) is 3.51. The molecule has 6 heteroatoms. The van der Waals surface area contributed by atoms with Crippen molar-refractivity contribution in [1.82, 2.24) is 20.2 Å². The van der Waals surface area contributed by atoms with E-state index in [4.69, 9.17) is 9.97 Å². The molecule has 0 amide bonds. The van der Waals surface area contributed by atoms with Crippen molar-refractivity contribution in [3.63, 3.8) is 0 Å². The number of thiazole rings is 1. The Kier molecular flexibility index (Phi) is 5.87. The Morgan fingerprint density at radius 1 is 1.06 bits per heavy atom. The van der Waals surface area contributed by atoms with Crippen LogP contribution in [-0.2, 0) is 6.42 Å². The van der Waals surface area contributed by atoms with E-state index >= 15 is 0 Å². The molecule has 1 aromatic carbocycles. The summed E-state index contributed by atoms with van der Waals surface area (Å²) in [5.41, 5.74) is 3.71. The smallest absolute Gasteiger partial charge is 0.124 e. The van der Waals surface area contributed by atoms with Gasteiger partial charge in [-0.1, -0.05) is 43.2 Å². The molecule has 0 radical (unpaired) electrons. The molecule has 0 bridgehead atoms. The van der Waals surface area contributed by atoms with Crippen LogP contribution >= 0.6 is 11.3 Å². The molecule has 4 heterocycles. The fourth-order valence-corrected chi connectivity index (χ4v) is 6.54. The minimum atomic E-state index is 0.454. The van der Waals surface area contributed by atoms with Crippen molar-refractivity contribution in [3.8, 4) is 0 Å². The second kappa shape index (κ2) is 9.27. The second-order valence-electron chi connectivity index (χ2n) is 9.41. The molecular weight excluding hydrogens is 426 g/mol. The van der Waals surface area contributed by atoms with E-state index < -0.39 is 0 Å². The van der Waals surface area contributed by atoms with Crippen molar-refractivity contribution >= 4 is 28.2 Å². The first-order chi connectivity index (χ1) is 16.3. The quantitative estimate of drug-likeness (QED) is 0.615. The lowest BCUT2D eigenvalue weighted by molar-refractivity contribution is 0.268. The van der Waals surface area contributed by atoms with E-state index in [1.165, 1.54) is 47.0 Å². The van der Waals surface area contributed by atoms with E-state index in [2.05, 4.69) is 58.1 Å². The fourth-order valence-electron chi connectivity index (χ4n) is 5.44. The summed E-state index contributed by atoms with van der Waals surface area (Å²) in [6.45, 7) is 2.94. The molecule has 2 aliphatic heterocycles. The van der Waals surface area contributed by atoms with Crippen LogP contribution in [-0.4, -0.2) is 40.5 Å². The minimum Gasteiger partial charge on any atom is -0.365 e. The van der Waals surface area contributed by atoms with Crippen LogP contribution in [0, 0.1) is 0 Å². The van der Waals surface area contributed by atoms with Gasteiger partial charge in [0.15, 0.2) is 0 Å². The maximum atomic E-state index is 5.26. The lowest BCUT2D eigenvalue weighted by Crippen LogP contribution is -2.52. The van der Waals surface area contributed by atoms with Crippen LogP contribution in [0.4, 0.5) is 5.00 Å². The van der Waals surface area contributed by atoms with E-state index in [1.54, 1.807) is 0 Å². The van der Waals surface area contributed by atoms with Crippen LogP contribution in [0.1, 0.15) is 54.3 Å².